The standard InChI is InChI=1S/C17H23N5OS/c23-17(14-6-4-11-24-14)19-8-5-7-18-15-12-16(21-13-20-15)22-9-2-1-3-10-22/h4,6,11-13H,1-3,5,7-10H2,(H,19,23)(H,18,20,21). The molecule has 6 nitrogen and oxygen atoms in total. The van der Waals surface area contributed by atoms with Gasteiger partial charge in [0, 0.05) is 32.2 Å². The van der Waals surface area contributed by atoms with Crippen LogP contribution in [0.1, 0.15) is 35.4 Å². The summed E-state index contributed by atoms with van der Waals surface area (Å²) in [5, 5.41) is 8.14. The molecule has 0 bridgehead atoms. The summed E-state index contributed by atoms with van der Waals surface area (Å²) in [6.45, 7) is 3.56. The van der Waals surface area contributed by atoms with Crippen LogP contribution in [0.25, 0.3) is 0 Å². The van der Waals surface area contributed by atoms with E-state index in [0.717, 1.165) is 42.6 Å². The number of carbonyl (C=O) groups is 1. The quantitative estimate of drug-likeness (QED) is 0.755. The molecular weight excluding hydrogens is 322 g/mol. The molecule has 3 heterocycles. The zero-order valence-corrected chi connectivity index (χ0v) is 14.5. The summed E-state index contributed by atoms with van der Waals surface area (Å²) in [5.74, 6) is 1.84. The lowest BCUT2D eigenvalue weighted by molar-refractivity contribution is 0.0957. The van der Waals surface area contributed by atoms with Gasteiger partial charge in [-0.25, -0.2) is 9.97 Å². The maximum Gasteiger partial charge on any atom is 0.261 e. The molecule has 0 radical (unpaired) electrons. The van der Waals surface area contributed by atoms with Gasteiger partial charge in [0.15, 0.2) is 0 Å². The van der Waals surface area contributed by atoms with E-state index in [4.69, 9.17) is 0 Å². The second-order valence-corrected chi connectivity index (χ2v) is 6.77. The van der Waals surface area contributed by atoms with Gasteiger partial charge in [-0.2, -0.15) is 0 Å². The molecule has 0 unspecified atom stereocenters. The Bertz CT molecular complexity index is 640. The van der Waals surface area contributed by atoms with Gasteiger partial charge in [0.05, 0.1) is 4.88 Å². The van der Waals surface area contributed by atoms with Gasteiger partial charge in [0.1, 0.15) is 18.0 Å². The molecule has 0 aliphatic carbocycles. The highest BCUT2D eigenvalue weighted by Gasteiger charge is 2.12. The summed E-state index contributed by atoms with van der Waals surface area (Å²) in [5.41, 5.74) is 0. The van der Waals surface area contributed by atoms with Crippen molar-refractivity contribution in [1.29, 1.82) is 0 Å². The normalized spacial score (nSPS) is 14.4. The topological polar surface area (TPSA) is 70.2 Å². The van der Waals surface area contributed by atoms with Crippen LogP contribution in [-0.2, 0) is 0 Å². The van der Waals surface area contributed by atoms with Crippen LogP contribution in [0, 0.1) is 0 Å². The zero-order valence-electron chi connectivity index (χ0n) is 13.7. The third-order valence-electron chi connectivity index (χ3n) is 4.02. The maximum atomic E-state index is 11.8. The number of thiophene rings is 1. The third-order valence-corrected chi connectivity index (χ3v) is 4.89. The van der Waals surface area contributed by atoms with Gasteiger partial charge >= 0.3 is 0 Å². The fourth-order valence-electron chi connectivity index (χ4n) is 2.74. The number of hydrogen-bond donors (Lipinski definition) is 2. The highest BCUT2D eigenvalue weighted by Crippen LogP contribution is 2.19. The van der Waals surface area contributed by atoms with Gasteiger partial charge < -0.3 is 15.5 Å². The number of piperidine rings is 1. The Hall–Kier alpha value is -2.15. The fraction of sp³-hybridized carbons (Fsp3) is 0.471. The average Bonchev–Trinajstić information content (AvgIpc) is 3.17. The van der Waals surface area contributed by atoms with E-state index in [9.17, 15) is 4.79 Å². The number of rotatable bonds is 7. The fourth-order valence-corrected chi connectivity index (χ4v) is 3.38. The lowest BCUT2D eigenvalue weighted by atomic mass is 10.1. The van der Waals surface area contributed by atoms with Gasteiger partial charge in [-0.15, -0.1) is 11.3 Å². The lowest BCUT2D eigenvalue weighted by Gasteiger charge is -2.27. The van der Waals surface area contributed by atoms with E-state index in [-0.39, 0.29) is 5.91 Å². The van der Waals surface area contributed by atoms with Crippen molar-refractivity contribution >= 4 is 28.9 Å². The largest absolute Gasteiger partial charge is 0.370 e. The van der Waals surface area contributed by atoms with Crippen molar-refractivity contribution in [3.05, 3.63) is 34.8 Å². The molecule has 1 saturated heterocycles. The van der Waals surface area contributed by atoms with Crippen LogP contribution in [0.5, 0.6) is 0 Å². The molecule has 0 spiro atoms. The third kappa shape index (κ3) is 4.67. The van der Waals surface area contributed by atoms with E-state index in [1.165, 1.54) is 30.6 Å². The van der Waals surface area contributed by atoms with Crippen LogP contribution in [0.3, 0.4) is 0 Å². The van der Waals surface area contributed by atoms with E-state index < -0.39 is 0 Å². The van der Waals surface area contributed by atoms with Crippen LogP contribution in [0.2, 0.25) is 0 Å². The molecule has 2 aromatic rings. The SMILES string of the molecule is O=C(NCCCNc1cc(N2CCCCC2)ncn1)c1cccs1. The Morgan fingerprint density at radius 2 is 2.08 bits per heavy atom. The predicted octanol–water partition coefficient (Wildman–Crippen LogP) is 2.76. The van der Waals surface area contributed by atoms with Crippen molar-refractivity contribution in [3.63, 3.8) is 0 Å². The van der Waals surface area contributed by atoms with Crippen molar-refractivity contribution in [2.45, 2.75) is 25.7 Å². The molecule has 1 aliphatic heterocycles. The molecule has 2 N–H and O–H groups in total. The van der Waals surface area contributed by atoms with E-state index in [2.05, 4.69) is 25.5 Å². The molecule has 0 aromatic carbocycles. The molecule has 24 heavy (non-hydrogen) atoms. The Morgan fingerprint density at radius 3 is 2.88 bits per heavy atom. The first-order chi connectivity index (χ1) is 11.8. The van der Waals surface area contributed by atoms with Crippen molar-refractivity contribution in [3.8, 4) is 0 Å². The smallest absolute Gasteiger partial charge is 0.261 e. The summed E-state index contributed by atoms with van der Waals surface area (Å²) in [7, 11) is 0. The molecule has 3 rings (SSSR count). The van der Waals surface area contributed by atoms with Crippen molar-refractivity contribution in [2.24, 2.45) is 0 Å². The van der Waals surface area contributed by atoms with Gasteiger partial charge in [-0.3, -0.25) is 4.79 Å². The maximum absolute atomic E-state index is 11.8. The van der Waals surface area contributed by atoms with E-state index in [1.807, 2.05) is 23.6 Å². The van der Waals surface area contributed by atoms with E-state index >= 15 is 0 Å². The Labute approximate surface area is 146 Å². The van der Waals surface area contributed by atoms with Gasteiger partial charge in [-0.1, -0.05) is 6.07 Å². The zero-order chi connectivity index (χ0) is 16.6. The Kier molecular flexibility index (Phi) is 6.01. The molecule has 0 atom stereocenters. The van der Waals surface area contributed by atoms with Crippen LogP contribution in [-0.4, -0.2) is 42.1 Å². The summed E-state index contributed by atoms with van der Waals surface area (Å²) >= 11 is 1.46. The van der Waals surface area contributed by atoms with Crippen molar-refractivity contribution < 1.29 is 4.79 Å². The Morgan fingerprint density at radius 1 is 1.21 bits per heavy atom. The minimum atomic E-state index is -0.000536. The lowest BCUT2D eigenvalue weighted by Crippen LogP contribution is -2.30. The molecular formula is C17H23N5OS. The summed E-state index contributed by atoms with van der Waals surface area (Å²) in [4.78, 5) is 23.5. The molecule has 128 valence electrons. The average molecular weight is 345 g/mol. The van der Waals surface area contributed by atoms with E-state index in [0.29, 0.717) is 6.54 Å². The number of nitrogens with zero attached hydrogens (tertiary/aromatic N) is 3. The minimum Gasteiger partial charge on any atom is -0.370 e. The second-order valence-electron chi connectivity index (χ2n) is 5.82. The number of anilines is 2. The number of carbonyl (C=O) groups excluding carboxylic acids is 1. The summed E-state index contributed by atoms with van der Waals surface area (Å²) < 4.78 is 0. The first-order valence-corrected chi connectivity index (χ1v) is 9.33. The molecule has 1 aliphatic rings. The molecule has 1 amide bonds. The molecule has 2 aromatic heterocycles. The van der Waals surface area contributed by atoms with E-state index in [1.54, 1.807) is 6.33 Å². The highest BCUT2D eigenvalue weighted by atomic mass is 32.1. The number of hydrogen-bond acceptors (Lipinski definition) is 6. The summed E-state index contributed by atoms with van der Waals surface area (Å²) in [6, 6.07) is 5.73. The van der Waals surface area contributed by atoms with Crippen LogP contribution >= 0.6 is 11.3 Å². The first-order valence-electron chi connectivity index (χ1n) is 8.45. The molecule has 7 heteroatoms. The van der Waals surface area contributed by atoms with Gasteiger partial charge in [-0.05, 0) is 37.1 Å². The molecule has 1 fully saturated rings. The number of amides is 1. The predicted molar refractivity (Wildman–Crippen MR) is 97.9 cm³/mol. The molecule has 0 saturated carbocycles. The number of nitrogens with one attached hydrogen (secondary N) is 2. The van der Waals surface area contributed by atoms with Gasteiger partial charge in [0.2, 0.25) is 0 Å². The summed E-state index contributed by atoms with van der Waals surface area (Å²) in [6.07, 6.45) is 6.24. The van der Waals surface area contributed by atoms with Crippen LogP contribution in [0.4, 0.5) is 11.6 Å². The van der Waals surface area contributed by atoms with Crippen LogP contribution in [0.15, 0.2) is 29.9 Å². The Balaban J connectivity index is 1.39. The highest BCUT2D eigenvalue weighted by molar-refractivity contribution is 7.12. The van der Waals surface area contributed by atoms with Crippen molar-refractivity contribution in [2.75, 3.05) is 36.4 Å². The monoisotopic (exact) mass is 345 g/mol. The first kappa shape index (κ1) is 16.7. The van der Waals surface area contributed by atoms with Gasteiger partial charge in [0.25, 0.3) is 5.91 Å². The second kappa shape index (κ2) is 8.63. The minimum absolute atomic E-state index is 0.000536. The van der Waals surface area contributed by atoms with Crippen molar-refractivity contribution in [1.82, 2.24) is 15.3 Å². The number of aromatic nitrogens is 2. The van der Waals surface area contributed by atoms with Crippen LogP contribution < -0.4 is 15.5 Å².